The fourth-order valence-corrected chi connectivity index (χ4v) is 1.00. The van der Waals surface area contributed by atoms with E-state index in [4.69, 9.17) is 34.8 Å². The predicted molar refractivity (Wildman–Crippen MR) is 56.2 cm³/mol. The highest BCUT2D eigenvalue weighted by Crippen LogP contribution is 2.26. The van der Waals surface area contributed by atoms with Crippen LogP contribution in [-0.2, 0) is 4.79 Å². The van der Waals surface area contributed by atoms with Crippen molar-refractivity contribution < 1.29 is 4.79 Å². The molecule has 6 heteroatoms. The summed E-state index contributed by atoms with van der Waals surface area (Å²) < 4.78 is -1.91. The number of nitrogens with one attached hydrogen (secondary N) is 1. The van der Waals surface area contributed by atoms with E-state index in [-0.39, 0.29) is 6.04 Å². The SMILES string of the molecule is C=CC(CBr)NC(=O)C(Cl)(Cl)Cl. The molecule has 0 saturated heterocycles. The molecular weight excluding hydrogens is 288 g/mol. The first kappa shape index (κ1) is 12.6. The van der Waals surface area contributed by atoms with Crippen molar-refractivity contribution in [2.24, 2.45) is 0 Å². The Morgan fingerprint density at radius 1 is 1.67 bits per heavy atom. The molecule has 0 aliphatic carbocycles. The maximum Gasteiger partial charge on any atom is 0.272 e. The third kappa shape index (κ3) is 4.55. The van der Waals surface area contributed by atoms with E-state index < -0.39 is 9.70 Å². The maximum atomic E-state index is 11.0. The van der Waals surface area contributed by atoms with Crippen LogP contribution >= 0.6 is 50.7 Å². The molecule has 0 aromatic carbocycles. The third-order valence-electron chi connectivity index (χ3n) is 1.02. The van der Waals surface area contributed by atoms with Gasteiger partial charge in [-0.2, -0.15) is 0 Å². The summed E-state index contributed by atoms with van der Waals surface area (Å²) >= 11 is 19.1. The standard InChI is InChI=1S/C6H7BrCl3NO/c1-2-4(3-7)11-5(12)6(8,9)10/h2,4H,1,3H2,(H,11,12). The molecule has 0 radical (unpaired) electrons. The second kappa shape index (κ2) is 5.32. The summed E-state index contributed by atoms with van der Waals surface area (Å²) in [4.78, 5) is 11.0. The number of amides is 1. The number of halogens is 4. The molecule has 70 valence electrons. The molecule has 12 heavy (non-hydrogen) atoms. The van der Waals surface area contributed by atoms with Gasteiger partial charge in [-0.15, -0.1) is 6.58 Å². The van der Waals surface area contributed by atoms with Crippen LogP contribution in [0.25, 0.3) is 0 Å². The zero-order valence-electron chi connectivity index (χ0n) is 5.99. The minimum Gasteiger partial charge on any atom is -0.345 e. The van der Waals surface area contributed by atoms with Gasteiger partial charge in [0.25, 0.3) is 9.70 Å². The summed E-state index contributed by atoms with van der Waals surface area (Å²) in [6.45, 7) is 3.49. The van der Waals surface area contributed by atoms with E-state index in [2.05, 4.69) is 27.8 Å². The summed E-state index contributed by atoms with van der Waals surface area (Å²) in [5.41, 5.74) is 0. The lowest BCUT2D eigenvalue weighted by atomic mass is 10.3. The van der Waals surface area contributed by atoms with Gasteiger partial charge in [0.05, 0.1) is 6.04 Å². The van der Waals surface area contributed by atoms with E-state index in [9.17, 15) is 4.79 Å². The Balaban J connectivity index is 4.08. The lowest BCUT2D eigenvalue weighted by Gasteiger charge is -2.15. The molecular formula is C6H7BrCl3NO. The smallest absolute Gasteiger partial charge is 0.272 e. The molecule has 0 aliphatic heterocycles. The van der Waals surface area contributed by atoms with Crippen molar-refractivity contribution in [3.8, 4) is 0 Å². The number of carbonyl (C=O) groups is 1. The van der Waals surface area contributed by atoms with Crippen LogP contribution in [0.2, 0.25) is 0 Å². The van der Waals surface area contributed by atoms with Gasteiger partial charge >= 0.3 is 0 Å². The number of rotatable bonds is 3. The number of hydrogen-bond acceptors (Lipinski definition) is 1. The van der Waals surface area contributed by atoms with Gasteiger partial charge < -0.3 is 5.32 Å². The Bertz CT molecular complexity index is 180. The Morgan fingerprint density at radius 3 is 2.42 bits per heavy atom. The van der Waals surface area contributed by atoms with Gasteiger partial charge in [-0.3, -0.25) is 4.79 Å². The molecule has 0 aromatic rings. The fourth-order valence-electron chi connectivity index (χ4n) is 0.411. The topological polar surface area (TPSA) is 29.1 Å². The largest absolute Gasteiger partial charge is 0.345 e. The van der Waals surface area contributed by atoms with Crippen LogP contribution in [0.1, 0.15) is 0 Å². The molecule has 2 nitrogen and oxygen atoms in total. The van der Waals surface area contributed by atoms with Crippen LogP contribution in [0, 0.1) is 0 Å². The molecule has 0 heterocycles. The zero-order valence-corrected chi connectivity index (χ0v) is 9.84. The van der Waals surface area contributed by atoms with Crippen LogP contribution in [0.5, 0.6) is 0 Å². The summed E-state index contributed by atoms with van der Waals surface area (Å²) in [6, 6.07) is -0.229. The molecule has 1 atom stereocenters. The van der Waals surface area contributed by atoms with Crippen molar-refractivity contribution in [3.63, 3.8) is 0 Å². The predicted octanol–water partition coefficient (Wildman–Crippen LogP) is 2.42. The van der Waals surface area contributed by atoms with Crippen molar-refractivity contribution in [3.05, 3.63) is 12.7 Å². The quantitative estimate of drug-likeness (QED) is 0.629. The summed E-state index contributed by atoms with van der Waals surface area (Å²) in [7, 11) is 0. The van der Waals surface area contributed by atoms with Gasteiger partial charge in [-0.1, -0.05) is 56.8 Å². The summed E-state index contributed by atoms with van der Waals surface area (Å²) in [5, 5.41) is 2.99. The van der Waals surface area contributed by atoms with Gasteiger partial charge in [-0.05, 0) is 0 Å². The normalized spacial score (nSPS) is 13.7. The van der Waals surface area contributed by atoms with E-state index in [1.54, 1.807) is 6.08 Å². The third-order valence-corrected chi connectivity index (χ3v) is 2.24. The molecule has 1 unspecified atom stereocenters. The Labute approximate surface area is 94.4 Å². The number of alkyl halides is 4. The van der Waals surface area contributed by atoms with Gasteiger partial charge in [0, 0.05) is 5.33 Å². The summed E-state index contributed by atoms with van der Waals surface area (Å²) in [5.74, 6) is -0.656. The molecule has 1 N–H and O–H groups in total. The number of carbonyl (C=O) groups excluding carboxylic acids is 1. The Morgan fingerprint density at radius 2 is 2.17 bits per heavy atom. The molecule has 1 amide bonds. The van der Waals surface area contributed by atoms with Crippen molar-refractivity contribution in [1.29, 1.82) is 0 Å². The average Bonchev–Trinajstić information content (AvgIpc) is 1.97. The number of hydrogen-bond donors (Lipinski definition) is 1. The Hall–Kier alpha value is 0.560. The molecule has 0 fully saturated rings. The lowest BCUT2D eigenvalue weighted by molar-refractivity contribution is -0.120. The van der Waals surface area contributed by atoms with Crippen LogP contribution in [0.4, 0.5) is 0 Å². The first-order valence-corrected chi connectivity index (χ1v) is 5.23. The van der Waals surface area contributed by atoms with Crippen LogP contribution in [-0.4, -0.2) is 21.1 Å². The van der Waals surface area contributed by atoms with E-state index in [1.165, 1.54) is 0 Å². The molecule has 0 spiro atoms. The summed E-state index contributed by atoms with van der Waals surface area (Å²) in [6.07, 6.45) is 1.54. The maximum absolute atomic E-state index is 11.0. The second-order valence-electron chi connectivity index (χ2n) is 1.97. The van der Waals surface area contributed by atoms with E-state index >= 15 is 0 Å². The first-order chi connectivity index (χ1) is 5.41. The second-order valence-corrected chi connectivity index (χ2v) is 4.90. The van der Waals surface area contributed by atoms with Crippen LogP contribution < -0.4 is 5.32 Å². The van der Waals surface area contributed by atoms with Crippen LogP contribution in [0.15, 0.2) is 12.7 Å². The molecule has 0 saturated carbocycles. The monoisotopic (exact) mass is 293 g/mol. The molecule has 0 aliphatic rings. The average molecular weight is 295 g/mol. The van der Waals surface area contributed by atoms with Crippen molar-refractivity contribution >= 4 is 56.6 Å². The van der Waals surface area contributed by atoms with Gasteiger partial charge in [0.2, 0.25) is 0 Å². The fraction of sp³-hybridized carbons (Fsp3) is 0.500. The van der Waals surface area contributed by atoms with Crippen molar-refractivity contribution in [1.82, 2.24) is 5.32 Å². The lowest BCUT2D eigenvalue weighted by Crippen LogP contribution is -2.41. The molecule has 0 rings (SSSR count). The van der Waals surface area contributed by atoms with Crippen molar-refractivity contribution in [2.75, 3.05) is 5.33 Å². The van der Waals surface area contributed by atoms with E-state index in [0.29, 0.717) is 5.33 Å². The van der Waals surface area contributed by atoms with E-state index in [1.807, 2.05) is 0 Å². The van der Waals surface area contributed by atoms with E-state index in [0.717, 1.165) is 0 Å². The highest BCUT2D eigenvalue weighted by molar-refractivity contribution is 9.09. The molecule has 0 bridgehead atoms. The highest BCUT2D eigenvalue weighted by Gasteiger charge is 2.31. The van der Waals surface area contributed by atoms with Crippen LogP contribution in [0.3, 0.4) is 0 Å². The minimum atomic E-state index is -1.91. The highest BCUT2D eigenvalue weighted by atomic mass is 79.9. The Kier molecular flexibility index (Phi) is 5.57. The van der Waals surface area contributed by atoms with Gasteiger partial charge in [0.1, 0.15) is 0 Å². The first-order valence-electron chi connectivity index (χ1n) is 2.98. The van der Waals surface area contributed by atoms with Crippen molar-refractivity contribution in [2.45, 2.75) is 9.83 Å². The zero-order chi connectivity index (χ0) is 9.78. The van der Waals surface area contributed by atoms with Gasteiger partial charge in [0.15, 0.2) is 0 Å². The van der Waals surface area contributed by atoms with Gasteiger partial charge in [-0.25, -0.2) is 0 Å². The minimum absolute atomic E-state index is 0.229. The molecule has 0 aromatic heterocycles.